The van der Waals surface area contributed by atoms with Crippen molar-refractivity contribution in [2.45, 2.75) is 31.8 Å². The van der Waals surface area contributed by atoms with Gasteiger partial charge in [-0.1, -0.05) is 11.6 Å². The van der Waals surface area contributed by atoms with E-state index in [0.717, 1.165) is 28.3 Å². The van der Waals surface area contributed by atoms with Crippen molar-refractivity contribution < 1.29 is 32.2 Å². The molecule has 5 aromatic heterocycles. The Balaban J connectivity index is 1.31. The minimum atomic E-state index is -4.62. The van der Waals surface area contributed by atoms with Gasteiger partial charge in [0.25, 0.3) is 5.69 Å². The second kappa shape index (κ2) is 11.6. The summed E-state index contributed by atoms with van der Waals surface area (Å²) in [6.45, 7) is 1.09. The van der Waals surface area contributed by atoms with Gasteiger partial charge in [0.2, 0.25) is 6.20 Å². The van der Waals surface area contributed by atoms with Gasteiger partial charge in [-0.3, -0.25) is 19.6 Å². The van der Waals surface area contributed by atoms with Crippen LogP contribution in [0.5, 0.6) is 0 Å². The van der Waals surface area contributed by atoms with Gasteiger partial charge < -0.3 is 4.74 Å². The summed E-state index contributed by atoms with van der Waals surface area (Å²) in [5.74, 6) is -0.741. The molecule has 7 rings (SSSR count). The molecule has 12 nitrogen and oxygen atoms in total. The SMILES string of the molecule is O[n+]1cc(-c2c(-n3cnnn3)ccc(Cl)c2F)ccc1C(Cn1ncc2c1COCC2)n1cc(-c2ccnc(C(F)(F)F)c2)cn1. The number of benzene rings is 1. The maximum absolute atomic E-state index is 15.5. The third kappa shape index (κ3) is 5.45. The summed E-state index contributed by atoms with van der Waals surface area (Å²) in [6.07, 6.45) is 4.54. The average molecular weight is 654 g/mol. The fourth-order valence-electron chi connectivity index (χ4n) is 5.42. The third-order valence-electron chi connectivity index (χ3n) is 7.70. The van der Waals surface area contributed by atoms with E-state index in [4.69, 9.17) is 16.3 Å². The maximum Gasteiger partial charge on any atom is 0.433 e. The number of halogens is 5. The van der Waals surface area contributed by atoms with E-state index in [9.17, 15) is 18.4 Å². The Bertz CT molecular complexity index is 2040. The number of fused-ring (bicyclic) bond motifs is 1. The summed E-state index contributed by atoms with van der Waals surface area (Å²) in [5, 5.41) is 31.3. The molecule has 234 valence electrons. The molecule has 0 amide bonds. The summed E-state index contributed by atoms with van der Waals surface area (Å²) < 4.78 is 66.6. The Morgan fingerprint density at radius 2 is 1.93 bits per heavy atom. The van der Waals surface area contributed by atoms with Crippen molar-refractivity contribution in [3.8, 4) is 27.9 Å². The number of rotatable bonds is 7. The van der Waals surface area contributed by atoms with Crippen LogP contribution in [0, 0.1) is 5.82 Å². The first kappa shape index (κ1) is 29.5. The first-order valence-corrected chi connectivity index (χ1v) is 14.2. The Hall–Kier alpha value is -5.22. The van der Waals surface area contributed by atoms with Crippen LogP contribution < -0.4 is 4.73 Å². The Labute approximate surface area is 262 Å². The van der Waals surface area contributed by atoms with Crippen LogP contribution >= 0.6 is 11.6 Å². The Morgan fingerprint density at radius 1 is 1.07 bits per heavy atom. The molecule has 17 heteroatoms. The topological polar surface area (TPSA) is 125 Å². The van der Waals surface area contributed by atoms with Crippen LogP contribution in [0.4, 0.5) is 17.6 Å². The number of tetrazole rings is 1. The van der Waals surface area contributed by atoms with E-state index < -0.39 is 23.7 Å². The Morgan fingerprint density at radius 3 is 2.72 bits per heavy atom. The standard InChI is InChI=1S/C29H22ClF4N10O2/c30-21-2-4-23(43-16-36-39-40-43)27(28(21)31)19-1-3-22(44(45)13-19)24(14-42-25-15-46-8-6-18(25)10-37-42)41-12-20(11-38-41)17-5-7-35-26(9-17)29(32,33)34/h1-5,7,9-13,16,24,45H,6,8,14-15H2/q+1. The molecule has 0 fully saturated rings. The first-order chi connectivity index (χ1) is 22.2. The van der Waals surface area contributed by atoms with E-state index in [0.29, 0.717) is 30.9 Å². The molecule has 0 bridgehead atoms. The zero-order valence-electron chi connectivity index (χ0n) is 23.6. The molecule has 1 atom stereocenters. The highest BCUT2D eigenvalue weighted by molar-refractivity contribution is 6.31. The third-order valence-corrected chi connectivity index (χ3v) is 7.99. The lowest BCUT2D eigenvalue weighted by atomic mass is 10.0. The fourth-order valence-corrected chi connectivity index (χ4v) is 5.58. The monoisotopic (exact) mass is 653 g/mol. The van der Waals surface area contributed by atoms with Gasteiger partial charge in [0.15, 0.2) is 11.9 Å². The number of nitrogens with zero attached hydrogens (tertiary/aromatic N) is 10. The van der Waals surface area contributed by atoms with E-state index in [-0.39, 0.29) is 33.9 Å². The summed E-state index contributed by atoms with van der Waals surface area (Å²) in [5.41, 5.74) is 2.43. The molecular weight excluding hydrogens is 632 g/mol. The second-order valence-electron chi connectivity index (χ2n) is 10.5. The number of hydrogen-bond acceptors (Lipinski definition) is 8. The van der Waals surface area contributed by atoms with E-state index in [1.165, 1.54) is 40.2 Å². The van der Waals surface area contributed by atoms with Crippen LogP contribution in [-0.2, 0) is 30.5 Å². The zero-order chi connectivity index (χ0) is 32.0. The molecule has 0 saturated carbocycles. The number of ether oxygens (including phenoxy) is 1. The predicted octanol–water partition coefficient (Wildman–Crippen LogP) is 4.48. The van der Waals surface area contributed by atoms with Gasteiger partial charge in [-0.05, 0) is 58.3 Å². The number of pyridine rings is 2. The van der Waals surface area contributed by atoms with Crippen LogP contribution in [0.3, 0.4) is 0 Å². The molecule has 1 aliphatic rings. The van der Waals surface area contributed by atoms with E-state index >= 15 is 4.39 Å². The molecule has 1 aromatic carbocycles. The van der Waals surface area contributed by atoms with Crippen molar-refractivity contribution in [1.29, 1.82) is 0 Å². The van der Waals surface area contributed by atoms with Gasteiger partial charge in [-0.25, -0.2) is 4.39 Å². The van der Waals surface area contributed by atoms with Crippen molar-refractivity contribution in [2.24, 2.45) is 0 Å². The van der Waals surface area contributed by atoms with Gasteiger partial charge in [-0.15, -0.1) is 5.10 Å². The molecule has 6 heterocycles. The van der Waals surface area contributed by atoms with Crippen LogP contribution in [0.15, 0.2) is 73.7 Å². The maximum atomic E-state index is 15.5. The molecule has 1 N–H and O–H groups in total. The van der Waals surface area contributed by atoms with Crippen molar-refractivity contribution in [2.75, 3.05) is 6.61 Å². The van der Waals surface area contributed by atoms with Crippen molar-refractivity contribution >= 4 is 11.6 Å². The molecule has 1 aliphatic heterocycles. The van der Waals surface area contributed by atoms with E-state index in [2.05, 4.69) is 30.7 Å². The second-order valence-corrected chi connectivity index (χ2v) is 10.9. The van der Waals surface area contributed by atoms with Gasteiger partial charge in [0, 0.05) is 28.8 Å². The number of alkyl halides is 3. The van der Waals surface area contributed by atoms with Crippen LogP contribution in [0.1, 0.15) is 28.7 Å². The predicted molar refractivity (Wildman–Crippen MR) is 151 cm³/mol. The van der Waals surface area contributed by atoms with Crippen molar-refractivity contribution in [1.82, 2.24) is 44.8 Å². The highest BCUT2D eigenvalue weighted by atomic mass is 35.5. The lowest BCUT2D eigenvalue weighted by Gasteiger charge is -2.19. The van der Waals surface area contributed by atoms with Gasteiger partial charge in [0.1, 0.15) is 12.0 Å². The minimum Gasteiger partial charge on any atom is -0.375 e. The molecule has 0 saturated heterocycles. The quantitative estimate of drug-likeness (QED) is 0.152. The fraction of sp³-hybridized carbons (Fsp3) is 0.207. The van der Waals surface area contributed by atoms with Crippen molar-refractivity contribution in [3.05, 3.63) is 107 Å². The molecule has 1 unspecified atom stereocenters. The van der Waals surface area contributed by atoms with Crippen LogP contribution in [-0.4, -0.2) is 56.6 Å². The Kier molecular flexibility index (Phi) is 7.44. The summed E-state index contributed by atoms with van der Waals surface area (Å²) in [7, 11) is 0. The van der Waals surface area contributed by atoms with Gasteiger partial charge in [-0.2, -0.15) is 28.1 Å². The minimum absolute atomic E-state index is 0.0449. The normalized spacial score (nSPS) is 13.9. The van der Waals surface area contributed by atoms with E-state index in [1.807, 2.05) is 0 Å². The highest BCUT2D eigenvalue weighted by Gasteiger charge is 2.33. The lowest BCUT2D eigenvalue weighted by molar-refractivity contribution is -0.910. The number of hydrogen-bond donors (Lipinski definition) is 1. The smallest absolute Gasteiger partial charge is 0.375 e. The molecule has 0 aliphatic carbocycles. The summed E-state index contributed by atoms with van der Waals surface area (Å²) >= 11 is 6.12. The summed E-state index contributed by atoms with van der Waals surface area (Å²) in [6, 6.07) is 7.78. The summed E-state index contributed by atoms with van der Waals surface area (Å²) in [4.78, 5) is 3.44. The van der Waals surface area contributed by atoms with E-state index in [1.54, 1.807) is 35.3 Å². The highest BCUT2D eigenvalue weighted by Crippen LogP contribution is 2.34. The van der Waals surface area contributed by atoms with Crippen molar-refractivity contribution in [3.63, 3.8) is 0 Å². The molecule has 0 spiro atoms. The number of aromatic nitrogens is 10. The average Bonchev–Trinajstić information content (AvgIpc) is 3.83. The molecule has 6 aromatic rings. The largest absolute Gasteiger partial charge is 0.433 e. The first-order valence-electron chi connectivity index (χ1n) is 13.8. The molecule has 46 heavy (non-hydrogen) atoms. The zero-order valence-corrected chi connectivity index (χ0v) is 24.3. The molecule has 0 radical (unpaired) electrons. The lowest BCUT2D eigenvalue weighted by Crippen LogP contribution is -2.39. The van der Waals surface area contributed by atoms with Crippen LogP contribution in [0.2, 0.25) is 5.02 Å². The van der Waals surface area contributed by atoms with Gasteiger partial charge >= 0.3 is 6.18 Å². The molecular formula is C29H22ClF4N10O2+. The van der Waals surface area contributed by atoms with Gasteiger partial charge in [0.05, 0.1) is 59.7 Å². The van der Waals surface area contributed by atoms with Crippen LogP contribution in [0.25, 0.3) is 27.9 Å².